The van der Waals surface area contributed by atoms with Crippen LogP contribution in [0.4, 0.5) is 15.9 Å². The molecule has 0 aliphatic rings. The Hall–Kier alpha value is -2.99. The molecule has 0 saturated carbocycles. The Morgan fingerprint density at radius 1 is 1.00 bits per heavy atom. The summed E-state index contributed by atoms with van der Waals surface area (Å²) >= 11 is 1.57. The summed E-state index contributed by atoms with van der Waals surface area (Å²) in [6, 6.07) is 14.5. The maximum Gasteiger partial charge on any atom is 0.138 e. The van der Waals surface area contributed by atoms with Crippen molar-refractivity contribution in [3.05, 3.63) is 71.6 Å². The van der Waals surface area contributed by atoms with Crippen molar-refractivity contribution in [2.45, 2.75) is 12.8 Å². The van der Waals surface area contributed by atoms with Gasteiger partial charge in [0.25, 0.3) is 0 Å². The monoisotopic (exact) mass is 378 g/mol. The molecule has 6 heteroatoms. The fourth-order valence-electron chi connectivity index (χ4n) is 3.03. The number of nitrogens with two attached hydrogens (primary N) is 1. The molecule has 0 aliphatic carbocycles. The van der Waals surface area contributed by atoms with Gasteiger partial charge in [0.15, 0.2) is 0 Å². The van der Waals surface area contributed by atoms with Gasteiger partial charge in [-0.15, -0.1) is 11.3 Å². The Morgan fingerprint density at radius 3 is 2.56 bits per heavy atom. The molecule has 2 aromatic heterocycles. The Kier molecular flexibility index (Phi) is 4.98. The summed E-state index contributed by atoms with van der Waals surface area (Å²) in [7, 11) is 0. The molecule has 2 heterocycles. The Bertz CT molecular complexity index is 1040. The van der Waals surface area contributed by atoms with Crippen LogP contribution >= 0.6 is 11.3 Å². The molecular formula is C21H19FN4S. The lowest BCUT2D eigenvalue weighted by Gasteiger charge is -2.09. The van der Waals surface area contributed by atoms with Gasteiger partial charge >= 0.3 is 0 Å². The van der Waals surface area contributed by atoms with E-state index < -0.39 is 0 Å². The summed E-state index contributed by atoms with van der Waals surface area (Å²) < 4.78 is 13.2. The standard InChI is InChI=1S/C21H19FN4S/c22-16-7-5-15(6-8-16)18-12-27-21-19(18)20(25-13-26-21)24-11-1-2-14-3-9-17(23)10-4-14/h3-10,12-13H,1-2,11,23H2,(H,24,25,26). The van der Waals surface area contributed by atoms with Gasteiger partial charge < -0.3 is 11.1 Å². The number of fused-ring (bicyclic) bond motifs is 1. The lowest BCUT2D eigenvalue weighted by molar-refractivity contribution is 0.628. The first-order valence-corrected chi connectivity index (χ1v) is 9.65. The van der Waals surface area contributed by atoms with E-state index in [4.69, 9.17) is 5.73 Å². The van der Waals surface area contributed by atoms with Crippen molar-refractivity contribution in [2.75, 3.05) is 17.6 Å². The van der Waals surface area contributed by atoms with Crippen molar-refractivity contribution >= 4 is 33.1 Å². The molecule has 0 radical (unpaired) electrons. The maximum absolute atomic E-state index is 13.2. The van der Waals surface area contributed by atoms with Gasteiger partial charge in [0, 0.05) is 23.2 Å². The van der Waals surface area contributed by atoms with Gasteiger partial charge in [-0.05, 0) is 48.2 Å². The Morgan fingerprint density at radius 2 is 1.78 bits per heavy atom. The second-order valence-electron chi connectivity index (χ2n) is 6.33. The molecule has 27 heavy (non-hydrogen) atoms. The van der Waals surface area contributed by atoms with Gasteiger partial charge in [-0.3, -0.25) is 0 Å². The molecule has 0 saturated heterocycles. The van der Waals surface area contributed by atoms with Crippen LogP contribution in [-0.4, -0.2) is 16.5 Å². The molecule has 0 atom stereocenters. The SMILES string of the molecule is Nc1ccc(CCCNc2ncnc3scc(-c4ccc(F)cc4)c23)cc1. The fraction of sp³-hybridized carbons (Fsp3) is 0.143. The number of anilines is 2. The van der Waals surface area contributed by atoms with Crippen LogP contribution in [-0.2, 0) is 6.42 Å². The molecule has 2 aromatic carbocycles. The number of thiophene rings is 1. The van der Waals surface area contributed by atoms with E-state index in [0.717, 1.165) is 52.2 Å². The number of halogens is 1. The highest BCUT2D eigenvalue weighted by atomic mass is 32.1. The van der Waals surface area contributed by atoms with E-state index in [2.05, 4.69) is 27.4 Å². The summed E-state index contributed by atoms with van der Waals surface area (Å²) in [5, 5.41) is 6.47. The minimum atomic E-state index is -0.240. The summed E-state index contributed by atoms with van der Waals surface area (Å²) in [5.41, 5.74) is 9.76. The van der Waals surface area contributed by atoms with Crippen LogP contribution in [0.1, 0.15) is 12.0 Å². The third kappa shape index (κ3) is 3.90. The quantitative estimate of drug-likeness (QED) is 0.361. The van der Waals surface area contributed by atoms with Gasteiger partial charge in [-0.2, -0.15) is 0 Å². The minimum absolute atomic E-state index is 0.240. The van der Waals surface area contributed by atoms with E-state index in [-0.39, 0.29) is 5.82 Å². The number of hydrogen-bond acceptors (Lipinski definition) is 5. The zero-order valence-corrected chi connectivity index (χ0v) is 15.5. The summed E-state index contributed by atoms with van der Waals surface area (Å²) in [6.45, 7) is 0.801. The van der Waals surface area contributed by atoms with E-state index in [0.29, 0.717) is 0 Å². The maximum atomic E-state index is 13.2. The van der Waals surface area contributed by atoms with E-state index in [1.807, 2.05) is 17.5 Å². The van der Waals surface area contributed by atoms with E-state index in [1.165, 1.54) is 17.7 Å². The number of hydrogen-bond donors (Lipinski definition) is 2. The number of rotatable bonds is 6. The number of benzene rings is 2. The molecular weight excluding hydrogens is 359 g/mol. The summed E-state index contributed by atoms with van der Waals surface area (Å²) in [5.74, 6) is 0.577. The fourth-order valence-corrected chi connectivity index (χ4v) is 3.95. The van der Waals surface area contributed by atoms with Crippen molar-refractivity contribution in [3.8, 4) is 11.1 Å². The zero-order chi connectivity index (χ0) is 18.6. The number of aryl methyl sites for hydroxylation is 1. The van der Waals surface area contributed by atoms with Crippen LogP contribution in [0.5, 0.6) is 0 Å². The van der Waals surface area contributed by atoms with Crippen molar-refractivity contribution in [2.24, 2.45) is 0 Å². The second kappa shape index (κ2) is 7.72. The zero-order valence-electron chi connectivity index (χ0n) is 14.7. The normalized spacial score (nSPS) is 11.0. The average Bonchev–Trinajstić information content (AvgIpc) is 3.12. The van der Waals surface area contributed by atoms with Gasteiger partial charge in [0.05, 0.1) is 5.39 Å². The van der Waals surface area contributed by atoms with E-state index in [9.17, 15) is 4.39 Å². The minimum Gasteiger partial charge on any atom is -0.399 e. The highest BCUT2D eigenvalue weighted by Crippen LogP contribution is 2.36. The molecule has 4 aromatic rings. The highest BCUT2D eigenvalue weighted by molar-refractivity contribution is 7.17. The smallest absolute Gasteiger partial charge is 0.138 e. The van der Waals surface area contributed by atoms with Crippen LogP contribution in [0.3, 0.4) is 0 Å². The van der Waals surface area contributed by atoms with Crippen LogP contribution < -0.4 is 11.1 Å². The number of nitrogens with one attached hydrogen (secondary N) is 1. The molecule has 0 bridgehead atoms. The van der Waals surface area contributed by atoms with E-state index in [1.54, 1.807) is 29.8 Å². The van der Waals surface area contributed by atoms with Crippen LogP contribution in [0.25, 0.3) is 21.3 Å². The highest BCUT2D eigenvalue weighted by Gasteiger charge is 2.13. The van der Waals surface area contributed by atoms with Crippen LogP contribution in [0.15, 0.2) is 60.2 Å². The molecule has 4 nitrogen and oxygen atoms in total. The number of nitrogens with zero attached hydrogens (tertiary/aromatic N) is 2. The lowest BCUT2D eigenvalue weighted by Crippen LogP contribution is -2.05. The molecule has 136 valence electrons. The molecule has 0 amide bonds. The third-order valence-corrected chi connectivity index (χ3v) is 5.33. The number of nitrogen functional groups attached to an aromatic ring is 1. The van der Waals surface area contributed by atoms with Crippen molar-refractivity contribution < 1.29 is 4.39 Å². The average molecular weight is 378 g/mol. The topological polar surface area (TPSA) is 63.8 Å². The van der Waals surface area contributed by atoms with Gasteiger partial charge in [0.2, 0.25) is 0 Å². The van der Waals surface area contributed by atoms with Crippen molar-refractivity contribution in [3.63, 3.8) is 0 Å². The van der Waals surface area contributed by atoms with Crippen molar-refractivity contribution in [1.82, 2.24) is 9.97 Å². The van der Waals surface area contributed by atoms with Crippen molar-refractivity contribution in [1.29, 1.82) is 0 Å². The first-order valence-electron chi connectivity index (χ1n) is 8.77. The van der Waals surface area contributed by atoms with Gasteiger partial charge in [-0.1, -0.05) is 24.3 Å². The molecule has 0 aliphatic heterocycles. The summed E-state index contributed by atoms with van der Waals surface area (Å²) in [4.78, 5) is 9.73. The number of aromatic nitrogens is 2. The first-order chi connectivity index (χ1) is 13.2. The van der Waals surface area contributed by atoms with Gasteiger partial charge in [0.1, 0.15) is 22.8 Å². The Balaban J connectivity index is 1.50. The molecule has 0 unspecified atom stereocenters. The van der Waals surface area contributed by atoms with E-state index >= 15 is 0 Å². The lowest BCUT2D eigenvalue weighted by atomic mass is 10.1. The molecule has 0 spiro atoms. The second-order valence-corrected chi connectivity index (χ2v) is 7.19. The Labute approximate surface area is 160 Å². The van der Waals surface area contributed by atoms with Gasteiger partial charge in [-0.25, -0.2) is 14.4 Å². The molecule has 3 N–H and O–H groups in total. The third-order valence-electron chi connectivity index (χ3n) is 4.44. The predicted octanol–water partition coefficient (Wildman–Crippen LogP) is 5.12. The predicted molar refractivity (Wildman–Crippen MR) is 110 cm³/mol. The molecule has 4 rings (SSSR count). The van der Waals surface area contributed by atoms with Crippen LogP contribution in [0, 0.1) is 5.82 Å². The summed E-state index contributed by atoms with van der Waals surface area (Å²) in [6.07, 6.45) is 3.52. The van der Waals surface area contributed by atoms with Crippen LogP contribution in [0.2, 0.25) is 0 Å². The molecule has 0 fully saturated rings. The first kappa shape index (κ1) is 17.4. The largest absolute Gasteiger partial charge is 0.399 e.